The van der Waals surface area contributed by atoms with Crippen LogP contribution in [0.5, 0.6) is 0 Å². The maximum absolute atomic E-state index is 4.18. The maximum atomic E-state index is 4.18. The summed E-state index contributed by atoms with van der Waals surface area (Å²) in [6, 6.07) is 0.596. The van der Waals surface area contributed by atoms with E-state index in [9.17, 15) is 0 Å². The highest BCUT2D eigenvalue weighted by atomic mass is 15.2. The van der Waals surface area contributed by atoms with Crippen molar-refractivity contribution in [2.24, 2.45) is 4.99 Å². The molecule has 2 aliphatic rings. The van der Waals surface area contributed by atoms with E-state index in [0.717, 1.165) is 13.1 Å². The first kappa shape index (κ1) is 5.03. The van der Waals surface area contributed by atoms with Gasteiger partial charge in [-0.3, -0.25) is 4.99 Å². The maximum Gasteiger partial charge on any atom is 0.0856 e. The van der Waals surface area contributed by atoms with E-state index in [1.54, 1.807) is 0 Å². The van der Waals surface area contributed by atoms with E-state index in [2.05, 4.69) is 22.0 Å². The Morgan fingerprint density at radius 2 is 2.56 bits per heavy atom. The van der Waals surface area contributed by atoms with Crippen LogP contribution in [0.2, 0.25) is 0 Å². The molecule has 1 atom stereocenters. The van der Waals surface area contributed by atoms with Crippen molar-refractivity contribution in [3.05, 3.63) is 12.2 Å². The quantitative estimate of drug-likeness (QED) is 0.431. The first-order valence-electron chi connectivity index (χ1n) is 3.39. The highest BCUT2D eigenvalue weighted by Crippen LogP contribution is 2.11. The van der Waals surface area contributed by atoms with Crippen LogP contribution in [0.15, 0.2) is 17.1 Å². The zero-order valence-corrected chi connectivity index (χ0v) is 5.33. The lowest BCUT2D eigenvalue weighted by molar-refractivity contribution is 0.391. The largest absolute Gasteiger partial charge is 0.354 e. The summed E-state index contributed by atoms with van der Waals surface area (Å²) in [7, 11) is 0. The van der Waals surface area contributed by atoms with Gasteiger partial charge in [0.05, 0.1) is 18.9 Å². The Morgan fingerprint density at radius 3 is 3.44 bits per heavy atom. The summed E-state index contributed by atoms with van der Waals surface area (Å²) < 4.78 is 0. The zero-order chi connectivity index (χ0) is 6.10. The van der Waals surface area contributed by atoms with Crippen molar-refractivity contribution in [1.82, 2.24) is 4.90 Å². The number of fused-ring (bicyclic) bond motifs is 1. The summed E-state index contributed by atoms with van der Waals surface area (Å²) in [5.41, 5.74) is 0. The molecule has 0 amide bonds. The predicted molar refractivity (Wildman–Crippen MR) is 37.6 cm³/mol. The lowest BCUT2D eigenvalue weighted by atomic mass is 10.1. The summed E-state index contributed by atoms with van der Waals surface area (Å²) in [4.78, 5) is 6.47. The molecule has 0 saturated carbocycles. The number of nitrogens with zero attached hydrogens (tertiary/aromatic N) is 2. The van der Waals surface area contributed by atoms with Gasteiger partial charge in [-0.05, 0) is 6.42 Å². The van der Waals surface area contributed by atoms with Gasteiger partial charge in [0, 0.05) is 6.54 Å². The van der Waals surface area contributed by atoms with Gasteiger partial charge in [0.25, 0.3) is 0 Å². The first-order chi connectivity index (χ1) is 4.47. The van der Waals surface area contributed by atoms with Gasteiger partial charge in [-0.2, -0.15) is 0 Å². The van der Waals surface area contributed by atoms with Gasteiger partial charge in [-0.25, -0.2) is 0 Å². The third kappa shape index (κ3) is 0.745. The van der Waals surface area contributed by atoms with Crippen molar-refractivity contribution in [2.75, 3.05) is 13.1 Å². The minimum absolute atomic E-state index is 0.596. The van der Waals surface area contributed by atoms with Crippen LogP contribution < -0.4 is 0 Å². The van der Waals surface area contributed by atoms with Gasteiger partial charge in [-0.15, -0.1) is 0 Å². The smallest absolute Gasteiger partial charge is 0.0856 e. The van der Waals surface area contributed by atoms with Crippen molar-refractivity contribution in [3.63, 3.8) is 0 Å². The second-order valence-corrected chi connectivity index (χ2v) is 2.50. The second kappa shape index (κ2) is 1.87. The van der Waals surface area contributed by atoms with Crippen LogP contribution in [0.3, 0.4) is 0 Å². The van der Waals surface area contributed by atoms with E-state index in [1.807, 2.05) is 6.34 Å². The van der Waals surface area contributed by atoms with E-state index in [4.69, 9.17) is 0 Å². The van der Waals surface area contributed by atoms with E-state index < -0.39 is 0 Å². The van der Waals surface area contributed by atoms with Crippen molar-refractivity contribution in [3.8, 4) is 0 Å². The molecule has 0 aromatic heterocycles. The van der Waals surface area contributed by atoms with Crippen LogP contribution >= 0.6 is 0 Å². The number of aliphatic imine (C=N–C) groups is 1. The number of hydrogen-bond donors (Lipinski definition) is 0. The SMILES string of the molecule is C1=CC2CN=CN2CC1. The molecule has 2 aliphatic heterocycles. The number of hydrogen-bond acceptors (Lipinski definition) is 2. The molecule has 0 aromatic carbocycles. The molecule has 0 bridgehead atoms. The van der Waals surface area contributed by atoms with Crippen LogP contribution in [0.25, 0.3) is 0 Å². The molecule has 0 aromatic rings. The van der Waals surface area contributed by atoms with E-state index in [-0.39, 0.29) is 0 Å². The molecule has 0 saturated heterocycles. The molecule has 48 valence electrons. The Balaban J connectivity index is 2.16. The molecule has 2 heteroatoms. The Morgan fingerprint density at radius 1 is 1.56 bits per heavy atom. The topological polar surface area (TPSA) is 15.6 Å². The average molecular weight is 122 g/mol. The second-order valence-electron chi connectivity index (χ2n) is 2.50. The van der Waals surface area contributed by atoms with Gasteiger partial charge < -0.3 is 4.90 Å². The van der Waals surface area contributed by atoms with Crippen molar-refractivity contribution in [2.45, 2.75) is 12.5 Å². The van der Waals surface area contributed by atoms with Crippen LogP contribution in [0.4, 0.5) is 0 Å². The minimum Gasteiger partial charge on any atom is -0.354 e. The molecule has 0 fully saturated rings. The van der Waals surface area contributed by atoms with Crippen LogP contribution in [-0.4, -0.2) is 30.4 Å². The molecule has 0 spiro atoms. The molecule has 2 nitrogen and oxygen atoms in total. The van der Waals surface area contributed by atoms with E-state index in [1.165, 1.54) is 6.42 Å². The van der Waals surface area contributed by atoms with Crippen LogP contribution in [-0.2, 0) is 0 Å². The standard InChI is InChI=1S/C7H10N2/c1-2-4-9-6-8-5-7(9)3-1/h1,3,6-7H,2,4-5H2. The molecule has 2 rings (SSSR count). The summed E-state index contributed by atoms with van der Waals surface area (Å²) in [6.07, 6.45) is 7.64. The Hall–Kier alpha value is -0.790. The minimum atomic E-state index is 0.596. The van der Waals surface area contributed by atoms with Gasteiger partial charge in [-0.1, -0.05) is 12.2 Å². The lowest BCUT2D eigenvalue weighted by Crippen LogP contribution is -2.32. The first-order valence-corrected chi connectivity index (χ1v) is 3.39. The molecule has 0 radical (unpaired) electrons. The van der Waals surface area contributed by atoms with Crippen LogP contribution in [0, 0.1) is 0 Å². The Labute approximate surface area is 54.9 Å². The molecule has 0 N–H and O–H groups in total. The van der Waals surface area contributed by atoms with Crippen molar-refractivity contribution >= 4 is 6.34 Å². The van der Waals surface area contributed by atoms with E-state index >= 15 is 0 Å². The number of rotatable bonds is 0. The van der Waals surface area contributed by atoms with Gasteiger partial charge >= 0.3 is 0 Å². The summed E-state index contributed by atoms with van der Waals surface area (Å²) in [6.45, 7) is 2.13. The van der Waals surface area contributed by atoms with Gasteiger partial charge in [0.15, 0.2) is 0 Å². The summed E-state index contributed by atoms with van der Waals surface area (Å²) in [5.74, 6) is 0. The van der Waals surface area contributed by atoms with Gasteiger partial charge in [0.2, 0.25) is 0 Å². The Kier molecular flexibility index (Phi) is 1.04. The molecular formula is C7H10N2. The molecule has 9 heavy (non-hydrogen) atoms. The molecule has 0 aliphatic carbocycles. The normalized spacial score (nSPS) is 31.1. The fourth-order valence-electron chi connectivity index (χ4n) is 1.32. The molecular weight excluding hydrogens is 112 g/mol. The highest BCUT2D eigenvalue weighted by Gasteiger charge is 2.18. The molecule has 2 heterocycles. The predicted octanol–water partition coefficient (Wildman–Crippen LogP) is 0.659. The summed E-state index contributed by atoms with van der Waals surface area (Å²) >= 11 is 0. The fraction of sp³-hybridized carbons (Fsp3) is 0.571. The Bertz CT molecular complexity index is 160. The monoisotopic (exact) mass is 122 g/mol. The summed E-state index contributed by atoms with van der Waals surface area (Å²) in [5, 5.41) is 0. The third-order valence-electron chi connectivity index (χ3n) is 1.86. The highest BCUT2D eigenvalue weighted by molar-refractivity contribution is 5.59. The van der Waals surface area contributed by atoms with E-state index in [0.29, 0.717) is 6.04 Å². The zero-order valence-electron chi connectivity index (χ0n) is 5.33. The van der Waals surface area contributed by atoms with Crippen molar-refractivity contribution < 1.29 is 0 Å². The van der Waals surface area contributed by atoms with Crippen molar-refractivity contribution in [1.29, 1.82) is 0 Å². The lowest BCUT2D eigenvalue weighted by Gasteiger charge is -2.23. The third-order valence-corrected chi connectivity index (χ3v) is 1.86. The fourth-order valence-corrected chi connectivity index (χ4v) is 1.32. The molecule has 1 unspecified atom stereocenters. The van der Waals surface area contributed by atoms with Crippen LogP contribution in [0.1, 0.15) is 6.42 Å². The average Bonchev–Trinajstić information content (AvgIpc) is 2.33. The van der Waals surface area contributed by atoms with Gasteiger partial charge in [0.1, 0.15) is 0 Å².